The van der Waals surface area contributed by atoms with Crippen molar-refractivity contribution < 1.29 is 28.7 Å². The average molecular weight is 719 g/mol. The Morgan fingerprint density at radius 3 is 1.87 bits per heavy atom. The van der Waals surface area contributed by atoms with Gasteiger partial charge in [0.25, 0.3) is 11.8 Å². The number of hydrogen-bond acceptors (Lipinski definition) is 6. The van der Waals surface area contributed by atoms with Crippen LogP contribution in [0.1, 0.15) is 136 Å². The van der Waals surface area contributed by atoms with Gasteiger partial charge in [-0.1, -0.05) is 148 Å². The topological polar surface area (TPSA) is 125 Å². The lowest BCUT2D eigenvalue weighted by Gasteiger charge is -2.29. The second-order valence-corrected chi connectivity index (χ2v) is 15.1. The van der Waals surface area contributed by atoms with E-state index in [1.54, 1.807) is 39.0 Å². The maximum absolute atomic E-state index is 13.9. The van der Waals surface area contributed by atoms with Gasteiger partial charge >= 0.3 is 6.03 Å². The molecule has 286 valence electrons. The summed E-state index contributed by atoms with van der Waals surface area (Å²) >= 11 is 0. The van der Waals surface area contributed by atoms with Crippen LogP contribution in [0.5, 0.6) is 5.75 Å². The van der Waals surface area contributed by atoms with Crippen LogP contribution in [0.4, 0.5) is 16.2 Å². The molecule has 0 aliphatic carbocycles. The van der Waals surface area contributed by atoms with Gasteiger partial charge in [-0.15, -0.1) is 0 Å². The van der Waals surface area contributed by atoms with Crippen molar-refractivity contribution in [2.24, 2.45) is 5.41 Å². The lowest BCUT2D eigenvalue weighted by molar-refractivity contribution is -0.143. The second kappa shape index (κ2) is 22.0. The van der Waals surface area contributed by atoms with Gasteiger partial charge in [-0.05, 0) is 30.2 Å². The van der Waals surface area contributed by atoms with Crippen LogP contribution in [0, 0.1) is 5.41 Å². The fourth-order valence-corrected chi connectivity index (χ4v) is 6.48. The minimum absolute atomic E-state index is 0.135. The first kappa shape index (κ1) is 42.2. The monoisotopic (exact) mass is 718 g/mol. The van der Waals surface area contributed by atoms with Gasteiger partial charge in [-0.3, -0.25) is 19.2 Å². The number of hydrogen-bond donors (Lipinski definition) is 2. The number of nitrogens with one attached hydrogen (secondary N) is 2. The molecule has 0 aromatic heterocycles. The summed E-state index contributed by atoms with van der Waals surface area (Å²) in [5.41, 5.74) is 0.423. The number of amides is 5. The van der Waals surface area contributed by atoms with E-state index >= 15 is 0 Å². The summed E-state index contributed by atoms with van der Waals surface area (Å²) in [6, 6.07) is 11.6. The number of imide groups is 1. The highest BCUT2D eigenvalue weighted by Gasteiger charge is 2.49. The third-order valence-electron chi connectivity index (χ3n) is 9.53. The van der Waals surface area contributed by atoms with Gasteiger partial charge in [0.15, 0.2) is 11.8 Å². The summed E-state index contributed by atoms with van der Waals surface area (Å²) in [5, 5.41) is 5.60. The number of nitrogens with zero attached hydrogens (tertiary/aromatic N) is 2. The summed E-state index contributed by atoms with van der Waals surface area (Å²) in [5.74, 6) is -1.90. The molecule has 52 heavy (non-hydrogen) atoms. The van der Waals surface area contributed by atoms with Crippen molar-refractivity contribution in [3.63, 3.8) is 0 Å². The summed E-state index contributed by atoms with van der Waals surface area (Å²) in [7, 11) is 1.44. The molecule has 2 aromatic rings. The summed E-state index contributed by atoms with van der Waals surface area (Å²) < 4.78 is 5.46. The number of unbranched alkanes of at least 4 members (excludes halogenated alkanes) is 14. The Morgan fingerprint density at radius 1 is 0.769 bits per heavy atom. The molecule has 2 N–H and O–H groups in total. The molecule has 1 aliphatic rings. The number of anilines is 2. The predicted octanol–water partition coefficient (Wildman–Crippen LogP) is 9.28. The SMILES string of the molecule is CCCCCCCCCCCCCCCCCC(=O)Nc1ccc(OC)c(NC(=O)C(C(=O)C(C)(C)C)N2C(=O)CN(Cc3ccccc3)C2=O)c1. The average Bonchev–Trinajstić information content (AvgIpc) is 3.38. The Morgan fingerprint density at radius 2 is 1.33 bits per heavy atom. The molecule has 10 nitrogen and oxygen atoms in total. The highest BCUT2D eigenvalue weighted by molar-refractivity contribution is 6.19. The Labute approximate surface area is 311 Å². The molecule has 1 saturated heterocycles. The van der Waals surface area contributed by atoms with Gasteiger partial charge in [-0.25, -0.2) is 9.69 Å². The van der Waals surface area contributed by atoms with E-state index in [0.29, 0.717) is 17.9 Å². The molecule has 1 aliphatic heterocycles. The molecule has 10 heteroatoms. The zero-order valence-corrected chi connectivity index (χ0v) is 32.3. The Balaban J connectivity index is 1.51. The molecule has 3 rings (SSSR count). The third kappa shape index (κ3) is 13.7. The summed E-state index contributed by atoms with van der Waals surface area (Å²) in [4.78, 5) is 69.2. The zero-order valence-electron chi connectivity index (χ0n) is 32.3. The van der Waals surface area contributed by atoms with Gasteiger partial charge in [-0.2, -0.15) is 0 Å². The molecule has 0 bridgehead atoms. The largest absolute Gasteiger partial charge is 0.495 e. The number of ether oxygens (including phenoxy) is 1. The summed E-state index contributed by atoms with van der Waals surface area (Å²) in [6.07, 6.45) is 19.2. The quantitative estimate of drug-likeness (QED) is 0.0633. The van der Waals surface area contributed by atoms with Crippen molar-refractivity contribution in [1.29, 1.82) is 0 Å². The van der Waals surface area contributed by atoms with Crippen LogP contribution in [0.25, 0.3) is 0 Å². The molecule has 0 radical (unpaired) electrons. The minimum Gasteiger partial charge on any atom is -0.495 e. The Bertz CT molecular complexity index is 1450. The van der Waals surface area contributed by atoms with Gasteiger partial charge in [0.2, 0.25) is 5.91 Å². The first-order chi connectivity index (χ1) is 25.0. The number of carbonyl (C=O) groups is 5. The third-order valence-corrected chi connectivity index (χ3v) is 9.53. The Kier molecular flexibility index (Phi) is 17.8. The smallest absolute Gasteiger partial charge is 0.328 e. The van der Waals surface area contributed by atoms with Crippen molar-refractivity contribution in [2.75, 3.05) is 24.3 Å². The van der Waals surface area contributed by atoms with E-state index in [4.69, 9.17) is 4.74 Å². The van der Waals surface area contributed by atoms with Crippen LogP contribution in [0.15, 0.2) is 48.5 Å². The fourth-order valence-electron chi connectivity index (χ4n) is 6.48. The van der Waals surface area contributed by atoms with Crippen LogP contribution in [0.3, 0.4) is 0 Å². The predicted molar refractivity (Wildman–Crippen MR) is 207 cm³/mol. The van der Waals surface area contributed by atoms with Gasteiger partial charge in [0.05, 0.1) is 12.8 Å². The normalized spacial score (nSPS) is 13.7. The standard InChI is InChI=1S/C42H62N4O6/c1-6-7-8-9-10-11-12-13-14-15-16-17-18-19-23-26-36(47)43-33-27-28-35(52-5)34(29-33)44-40(50)38(39(49)42(2,3)4)46-37(48)31-45(41(46)51)30-32-24-21-20-22-25-32/h20-22,24-25,27-29,38H,6-19,23,26,30-31H2,1-5H3,(H,43,47)(H,44,50). The molecule has 2 aromatic carbocycles. The molecule has 0 spiro atoms. The Hall–Kier alpha value is -4.21. The maximum atomic E-state index is 13.9. The van der Waals surface area contributed by atoms with E-state index in [1.165, 1.54) is 89.1 Å². The number of Topliss-reactive ketones (excluding diaryl/α,β-unsaturated/α-hetero) is 1. The number of carbonyl (C=O) groups excluding carboxylic acids is 5. The van der Waals surface area contributed by atoms with Crippen LogP contribution in [-0.4, -0.2) is 59.0 Å². The maximum Gasteiger partial charge on any atom is 0.328 e. The van der Waals surface area contributed by atoms with E-state index < -0.39 is 35.1 Å². The lowest BCUT2D eigenvalue weighted by Crippen LogP contribution is -2.55. The first-order valence-corrected chi connectivity index (χ1v) is 19.4. The second-order valence-electron chi connectivity index (χ2n) is 15.1. The van der Waals surface area contributed by atoms with Crippen molar-refractivity contribution in [1.82, 2.24) is 9.80 Å². The number of urea groups is 1. The first-order valence-electron chi connectivity index (χ1n) is 19.4. The van der Waals surface area contributed by atoms with Gasteiger partial charge in [0, 0.05) is 24.1 Å². The molecule has 1 unspecified atom stereocenters. The van der Waals surface area contributed by atoms with Crippen LogP contribution < -0.4 is 15.4 Å². The highest BCUT2D eigenvalue weighted by Crippen LogP contribution is 2.31. The van der Waals surface area contributed by atoms with Gasteiger partial charge < -0.3 is 20.3 Å². The number of ketones is 1. The molecule has 0 saturated carbocycles. The zero-order chi connectivity index (χ0) is 37.9. The fraction of sp³-hybridized carbons (Fsp3) is 0.595. The van der Waals surface area contributed by atoms with E-state index in [2.05, 4.69) is 17.6 Å². The minimum atomic E-state index is -1.70. The van der Waals surface area contributed by atoms with Crippen molar-refractivity contribution in [3.8, 4) is 5.75 Å². The molecule has 1 atom stereocenters. The van der Waals surface area contributed by atoms with Crippen molar-refractivity contribution >= 4 is 40.9 Å². The van der Waals surface area contributed by atoms with E-state index in [-0.39, 0.29) is 24.7 Å². The summed E-state index contributed by atoms with van der Waals surface area (Å²) in [6.45, 7) is 7.08. The van der Waals surface area contributed by atoms with Crippen molar-refractivity contribution in [3.05, 3.63) is 54.1 Å². The molecule has 5 amide bonds. The molecular weight excluding hydrogens is 656 g/mol. The van der Waals surface area contributed by atoms with E-state index in [1.807, 2.05) is 30.3 Å². The van der Waals surface area contributed by atoms with Gasteiger partial charge in [0.1, 0.15) is 12.3 Å². The number of methoxy groups -OCH3 is 1. The molecule has 1 heterocycles. The number of benzene rings is 2. The van der Waals surface area contributed by atoms with E-state index in [0.717, 1.165) is 29.7 Å². The van der Waals surface area contributed by atoms with Crippen LogP contribution in [-0.2, 0) is 25.7 Å². The highest BCUT2D eigenvalue weighted by atomic mass is 16.5. The number of rotatable bonds is 24. The van der Waals surface area contributed by atoms with Crippen LogP contribution >= 0.6 is 0 Å². The lowest BCUT2D eigenvalue weighted by atomic mass is 9.85. The van der Waals surface area contributed by atoms with Crippen LogP contribution in [0.2, 0.25) is 0 Å². The molecular formula is C42H62N4O6. The van der Waals surface area contributed by atoms with E-state index in [9.17, 15) is 24.0 Å². The molecule has 1 fully saturated rings. The van der Waals surface area contributed by atoms with Crippen molar-refractivity contribution in [2.45, 2.75) is 143 Å².